The van der Waals surface area contributed by atoms with Gasteiger partial charge < -0.3 is 10.1 Å². The molecule has 1 N–H and O–H groups in total. The summed E-state index contributed by atoms with van der Waals surface area (Å²) in [5.74, 6) is 0. The summed E-state index contributed by atoms with van der Waals surface area (Å²) >= 11 is 0. The monoisotopic (exact) mass is 255 g/mol. The van der Waals surface area contributed by atoms with Crippen molar-refractivity contribution in [3.05, 3.63) is 0 Å². The number of methoxy groups -OCH3 is 1. The average Bonchev–Trinajstić information content (AvgIpc) is 2.40. The number of hydrogen-bond donors (Lipinski definition) is 1. The molecule has 0 saturated heterocycles. The van der Waals surface area contributed by atoms with E-state index >= 15 is 0 Å². The van der Waals surface area contributed by atoms with Gasteiger partial charge >= 0.3 is 0 Å². The van der Waals surface area contributed by atoms with E-state index in [1.807, 2.05) is 7.05 Å². The van der Waals surface area contributed by atoms with Crippen LogP contribution in [0.3, 0.4) is 0 Å². The van der Waals surface area contributed by atoms with Crippen LogP contribution in [0.4, 0.5) is 0 Å². The molecule has 0 rings (SSSR count). The van der Waals surface area contributed by atoms with Crippen LogP contribution in [0, 0.1) is 11.3 Å². The summed E-state index contributed by atoms with van der Waals surface area (Å²) in [5, 5.41) is 12.4. The second-order valence-corrected chi connectivity index (χ2v) is 4.83. The topological polar surface area (TPSA) is 48.3 Å². The molecule has 0 saturated carbocycles. The Morgan fingerprint density at radius 1 is 1.44 bits per heavy atom. The zero-order valence-electron chi connectivity index (χ0n) is 12.6. The van der Waals surface area contributed by atoms with Gasteiger partial charge in [-0.15, -0.1) is 0 Å². The first-order chi connectivity index (χ1) is 8.59. The molecule has 106 valence electrons. The van der Waals surface area contributed by atoms with Crippen LogP contribution in [0.5, 0.6) is 0 Å². The minimum Gasteiger partial charge on any atom is -0.383 e. The number of rotatable bonds is 10. The highest BCUT2D eigenvalue weighted by atomic mass is 16.5. The minimum atomic E-state index is -0.357. The lowest BCUT2D eigenvalue weighted by Crippen LogP contribution is -2.42. The Morgan fingerprint density at radius 2 is 2.11 bits per heavy atom. The lowest BCUT2D eigenvalue weighted by molar-refractivity contribution is 0.100. The molecule has 0 aliphatic heterocycles. The molecule has 4 nitrogen and oxygen atoms in total. The third-order valence-electron chi connectivity index (χ3n) is 3.78. The molecule has 0 spiro atoms. The van der Waals surface area contributed by atoms with E-state index in [-0.39, 0.29) is 5.54 Å². The van der Waals surface area contributed by atoms with Crippen molar-refractivity contribution in [2.24, 2.45) is 0 Å². The highest BCUT2D eigenvalue weighted by Crippen LogP contribution is 2.16. The summed E-state index contributed by atoms with van der Waals surface area (Å²) in [4.78, 5) is 2.40. The summed E-state index contributed by atoms with van der Waals surface area (Å²) in [5.41, 5.74) is -0.357. The van der Waals surface area contributed by atoms with Crippen molar-refractivity contribution in [1.29, 1.82) is 5.26 Å². The van der Waals surface area contributed by atoms with Gasteiger partial charge in [-0.25, -0.2) is 0 Å². The molecule has 0 amide bonds. The number of likely N-dealkylation sites (N-methyl/N-ethyl adjacent to an activating group) is 1. The van der Waals surface area contributed by atoms with Gasteiger partial charge in [0.2, 0.25) is 0 Å². The van der Waals surface area contributed by atoms with Crippen molar-refractivity contribution in [2.45, 2.75) is 51.6 Å². The summed E-state index contributed by atoms with van der Waals surface area (Å²) in [6.45, 7) is 9.22. The van der Waals surface area contributed by atoms with Crippen LogP contribution >= 0.6 is 0 Å². The van der Waals surface area contributed by atoms with E-state index in [2.05, 4.69) is 37.1 Å². The van der Waals surface area contributed by atoms with Gasteiger partial charge in [-0.2, -0.15) is 5.26 Å². The molecular formula is C14H29N3O. The van der Waals surface area contributed by atoms with Crippen molar-refractivity contribution in [2.75, 3.05) is 33.9 Å². The largest absolute Gasteiger partial charge is 0.383 e. The molecule has 4 heteroatoms. The van der Waals surface area contributed by atoms with Crippen molar-refractivity contribution in [1.82, 2.24) is 10.2 Å². The van der Waals surface area contributed by atoms with E-state index in [0.717, 1.165) is 39.0 Å². The minimum absolute atomic E-state index is 0.357. The summed E-state index contributed by atoms with van der Waals surface area (Å²) in [6, 6.07) is 2.84. The van der Waals surface area contributed by atoms with Gasteiger partial charge in [0.05, 0.1) is 12.7 Å². The Balaban J connectivity index is 4.18. The van der Waals surface area contributed by atoms with Crippen LogP contribution in [0.1, 0.15) is 40.0 Å². The van der Waals surface area contributed by atoms with E-state index < -0.39 is 0 Å². The van der Waals surface area contributed by atoms with Gasteiger partial charge in [0, 0.05) is 13.2 Å². The molecule has 0 fully saturated rings. The number of nitriles is 1. The SMILES string of the molecule is CCN(CCCC(C#N)(CC)NC)C(C)COC. The van der Waals surface area contributed by atoms with Crippen LogP contribution in [0.15, 0.2) is 0 Å². The van der Waals surface area contributed by atoms with Crippen molar-refractivity contribution in [3.8, 4) is 6.07 Å². The number of nitrogens with zero attached hydrogens (tertiary/aromatic N) is 2. The van der Waals surface area contributed by atoms with E-state index in [4.69, 9.17) is 4.74 Å². The molecule has 2 atom stereocenters. The molecule has 0 heterocycles. The van der Waals surface area contributed by atoms with Crippen LogP contribution in [0.25, 0.3) is 0 Å². The van der Waals surface area contributed by atoms with Gasteiger partial charge in [-0.3, -0.25) is 4.90 Å². The van der Waals surface area contributed by atoms with E-state index in [0.29, 0.717) is 6.04 Å². The lowest BCUT2D eigenvalue weighted by atomic mass is 9.92. The molecule has 0 radical (unpaired) electrons. The standard InChI is InChI=1S/C14H29N3O/c1-6-14(12-15,16-4)9-8-10-17(7-2)13(3)11-18-5/h13,16H,6-11H2,1-5H3. The maximum absolute atomic E-state index is 9.25. The molecule has 0 aliphatic carbocycles. The molecule has 2 unspecified atom stereocenters. The Hall–Kier alpha value is -0.630. The molecular weight excluding hydrogens is 226 g/mol. The Kier molecular flexibility index (Phi) is 8.99. The van der Waals surface area contributed by atoms with Gasteiger partial charge in [0.25, 0.3) is 0 Å². The fourth-order valence-corrected chi connectivity index (χ4v) is 2.29. The quantitative estimate of drug-likeness (QED) is 0.649. The maximum atomic E-state index is 9.25. The third-order valence-corrected chi connectivity index (χ3v) is 3.78. The summed E-state index contributed by atoms with van der Waals surface area (Å²) < 4.78 is 5.19. The van der Waals surface area contributed by atoms with Crippen LogP contribution in [-0.2, 0) is 4.74 Å². The van der Waals surface area contributed by atoms with Crippen molar-refractivity contribution in [3.63, 3.8) is 0 Å². The predicted octanol–water partition coefficient (Wildman–Crippen LogP) is 2.02. The molecule has 0 bridgehead atoms. The second kappa shape index (κ2) is 9.32. The average molecular weight is 255 g/mol. The zero-order valence-corrected chi connectivity index (χ0v) is 12.6. The van der Waals surface area contributed by atoms with E-state index in [9.17, 15) is 5.26 Å². The van der Waals surface area contributed by atoms with Gasteiger partial charge in [0.1, 0.15) is 5.54 Å². The van der Waals surface area contributed by atoms with Crippen molar-refractivity contribution < 1.29 is 4.74 Å². The molecule has 0 aromatic rings. The number of ether oxygens (including phenoxy) is 1. The number of hydrogen-bond acceptors (Lipinski definition) is 4. The van der Waals surface area contributed by atoms with Gasteiger partial charge in [0.15, 0.2) is 0 Å². The zero-order chi connectivity index (χ0) is 14.0. The van der Waals surface area contributed by atoms with Crippen molar-refractivity contribution >= 4 is 0 Å². The Bertz CT molecular complexity index is 246. The molecule has 18 heavy (non-hydrogen) atoms. The predicted molar refractivity (Wildman–Crippen MR) is 75.5 cm³/mol. The van der Waals surface area contributed by atoms with E-state index in [1.54, 1.807) is 7.11 Å². The first-order valence-electron chi connectivity index (χ1n) is 6.92. The highest BCUT2D eigenvalue weighted by molar-refractivity contribution is 5.05. The lowest BCUT2D eigenvalue weighted by Gasteiger charge is -2.29. The van der Waals surface area contributed by atoms with Crippen LogP contribution in [0.2, 0.25) is 0 Å². The normalized spacial score (nSPS) is 16.3. The fraction of sp³-hybridized carbons (Fsp3) is 0.929. The Labute approximate surface area is 112 Å². The second-order valence-electron chi connectivity index (χ2n) is 4.83. The Morgan fingerprint density at radius 3 is 2.50 bits per heavy atom. The third kappa shape index (κ3) is 5.34. The maximum Gasteiger partial charge on any atom is 0.106 e. The highest BCUT2D eigenvalue weighted by Gasteiger charge is 2.25. The fourth-order valence-electron chi connectivity index (χ4n) is 2.29. The van der Waals surface area contributed by atoms with E-state index in [1.165, 1.54) is 0 Å². The van der Waals surface area contributed by atoms with Gasteiger partial charge in [-0.1, -0.05) is 13.8 Å². The summed E-state index contributed by atoms with van der Waals surface area (Å²) in [6.07, 6.45) is 2.77. The van der Waals surface area contributed by atoms with Crippen LogP contribution < -0.4 is 5.32 Å². The number of nitrogens with one attached hydrogen (secondary N) is 1. The molecule has 0 aliphatic rings. The smallest absolute Gasteiger partial charge is 0.106 e. The van der Waals surface area contributed by atoms with Crippen LogP contribution in [-0.4, -0.2) is 50.3 Å². The first-order valence-corrected chi connectivity index (χ1v) is 6.92. The first kappa shape index (κ1) is 17.4. The summed E-state index contributed by atoms with van der Waals surface area (Å²) in [7, 11) is 3.61. The van der Waals surface area contributed by atoms with Gasteiger partial charge in [-0.05, 0) is 46.3 Å². The molecule has 0 aromatic heterocycles. The molecule has 0 aromatic carbocycles.